The lowest BCUT2D eigenvalue weighted by Gasteiger charge is -2.12. The Bertz CT molecular complexity index is 1070. The van der Waals surface area contributed by atoms with Crippen LogP contribution in [0.1, 0.15) is 16.7 Å². The molecule has 0 fully saturated rings. The first-order valence-electron chi connectivity index (χ1n) is 10.0. The summed E-state index contributed by atoms with van der Waals surface area (Å²) in [6.45, 7) is 5.27. The summed E-state index contributed by atoms with van der Waals surface area (Å²) in [7, 11) is 0. The van der Waals surface area contributed by atoms with Gasteiger partial charge >= 0.3 is 5.97 Å². The first-order chi connectivity index (χ1) is 16.0. The fourth-order valence-corrected chi connectivity index (χ4v) is 3.53. The van der Waals surface area contributed by atoms with Gasteiger partial charge in [-0.15, -0.1) is 0 Å². The maximum Gasteiger partial charge on any atom is 0.392 e. The van der Waals surface area contributed by atoms with Crippen molar-refractivity contribution in [3.63, 3.8) is 0 Å². The zero-order valence-electron chi connectivity index (χ0n) is 17.9. The van der Waals surface area contributed by atoms with E-state index in [-0.39, 0.29) is 6.61 Å². The van der Waals surface area contributed by atoms with Crippen molar-refractivity contribution < 1.29 is 24.0 Å². The molecule has 0 radical (unpaired) electrons. The van der Waals surface area contributed by atoms with Crippen molar-refractivity contribution in [1.82, 2.24) is 0 Å². The van der Waals surface area contributed by atoms with Crippen LogP contribution in [0.25, 0.3) is 5.57 Å². The van der Waals surface area contributed by atoms with E-state index in [9.17, 15) is 4.79 Å². The highest BCUT2D eigenvalue weighted by atomic mass is 79.9. The summed E-state index contributed by atoms with van der Waals surface area (Å²) in [6, 6.07) is 21.7. The third kappa shape index (κ3) is 7.51. The van der Waals surface area contributed by atoms with Crippen LogP contribution in [0.3, 0.4) is 0 Å². The minimum Gasteiger partial charge on any atom is -0.489 e. The van der Waals surface area contributed by atoms with E-state index in [4.69, 9.17) is 9.47 Å². The predicted molar refractivity (Wildman–Crippen MR) is 135 cm³/mol. The van der Waals surface area contributed by atoms with E-state index >= 15 is 0 Å². The Morgan fingerprint density at radius 1 is 0.909 bits per heavy atom. The third-order valence-corrected chi connectivity index (χ3v) is 5.61. The van der Waals surface area contributed by atoms with Gasteiger partial charge in [-0.05, 0) is 77.7 Å². The smallest absolute Gasteiger partial charge is 0.392 e. The molecule has 5 nitrogen and oxygen atoms in total. The molecule has 33 heavy (non-hydrogen) atoms. The van der Waals surface area contributed by atoms with Gasteiger partial charge in [0.15, 0.2) is 6.61 Å². The Labute approximate surface area is 209 Å². The lowest BCUT2D eigenvalue weighted by Crippen LogP contribution is -2.14. The van der Waals surface area contributed by atoms with Crippen molar-refractivity contribution in [2.75, 3.05) is 13.2 Å². The van der Waals surface area contributed by atoms with Crippen LogP contribution in [0.5, 0.6) is 11.5 Å². The maximum atomic E-state index is 11.5. The van der Waals surface area contributed by atoms with E-state index in [1.165, 1.54) is 0 Å². The molecule has 3 aromatic rings. The Morgan fingerprint density at radius 2 is 1.52 bits per heavy atom. The van der Waals surface area contributed by atoms with E-state index in [1.807, 2.05) is 37.3 Å². The minimum atomic E-state index is -0.659. The van der Waals surface area contributed by atoms with E-state index < -0.39 is 5.97 Å². The van der Waals surface area contributed by atoms with Crippen LogP contribution in [-0.4, -0.2) is 19.2 Å². The Hall–Kier alpha value is -3.03. The number of carbonyl (C=O) groups excluding carboxylic acids is 1. The van der Waals surface area contributed by atoms with Crippen molar-refractivity contribution in [2.45, 2.75) is 6.92 Å². The highest BCUT2D eigenvalue weighted by Gasteiger charge is 2.09. The van der Waals surface area contributed by atoms with Crippen LogP contribution in [0, 0.1) is 6.92 Å². The van der Waals surface area contributed by atoms with E-state index in [0.29, 0.717) is 18.1 Å². The quantitative estimate of drug-likeness (QED) is 0.148. The zero-order chi connectivity index (χ0) is 23.6. The van der Waals surface area contributed by atoms with E-state index in [1.54, 1.807) is 12.1 Å². The molecule has 0 amide bonds. The zero-order valence-corrected chi connectivity index (χ0v) is 21.1. The van der Waals surface area contributed by atoms with Crippen molar-refractivity contribution >= 4 is 43.4 Å². The van der Waals surface area contributed by atoms with Crippen LogP contribution in [0.2, 0.25) is 0 Å². The highest BCUT2D eigenvalue weighted by molar-refractivity contribution is 9.10. The van der Waals surface area contributed by atoms with Gasteiger partial charge in [0.1, 0.15) is 24.4 Å². The molecule has 170 valence electrons. The molecule has 0 spiro atoms. The molecule has 0 bridgehead atoms. The van der Waals surface area contributed by atoms with Crippen molar-refractivity contribution in [2.24, 2.45) is 0 Å². The average Bonchev–Trinajstić information content (AvgIpc) is 2.81. The van der Waals surface area contributed by atoms with E-state index in [0.717, 1.165) is 37.5 Å². The average molecular weight is 574 g/mol. The van der Waals surface area contributed by atoms with Crippen LogP contribution in [-0.2, 0) is 14.6 Å². The number of ether oxygens (including phenoxy) is 2. The topological polar surface area (TPSA) is 54.0 Å². The Balaban J connectivity index is 1.69. The van der Waals surface area contributed by atoms with Gasteiger partial charge < -0.3 is 9.47 Å². The summed E-state index contributed by atoms with van der Waals surface area (Å²) in [5.74, 6) is 0.590. The van der Waals surface area contributed by atoms with Crippen LogP contribution >= 0.6 is 31.9 Å². The van der Waals surface area contributed by atoms with Gasteiger partial charge in [0.2, 0.25) is 0 Å². The van der Waals surface area contributed by atoms with Crippen LogP contribution in [0.4, 0.5) is 0 Å². The van der Waals surface area contributed by atoms with Crippen LogP contribution < -0.4 is 9.47 Å². The first kappa shape index (κ1) is 24.6. The number of benzene rings is 3. The molecule has 0 heterocycles. The first-order valence-corrected chi connectivity index (χ1v) is 11.6. The number of rotatable bonds is 10. The van der Waals surface area contributed by atoms with E-state index in [2.05, 4.69) is 78.6 Å². The summed E-state index contributed by atoms with van der Waals surface area (Å²) in [6.07, 6.45) is 3.07. The second-order valence-electron chi connectivity index (χ2n) is 6.88. The van der Waals surface area contributed by atoms with Gasteiger partial charge in [0.25, 0.3) is 0 Å². The van der Waals surface area contributed by atoms with Crippen LogP contribution in [0.15, 0.2) is 94.6 Å². The summed E-state index contributed by atoms with van der Waals surface area (Å²) in [5, 5.41) is 0. The molecule has 3 rings (SSSR count). The monoisotopic (exact) mass is 572 g/mol. The van der Waals surface area contributed by atoms with Crippen molar-refractivity contribution in [3.05, 3.63) is 111 Å². The summed E-state index contributed by atoms with van der Waals surface area (Å²) < 4.78 is 13.5. The summed E-state index contributed by atoms with van der Waals surface area (Å²) in [5.41, 5.74) is 4.09. The van der Waals surface area contributed by atoms with Crippen molar-refractivity contribution in [3.8, 4) is 11.5 Å². The fourth-order valence-electron chi connectivity index (χ4n) is 3.00. The maximum absolute atomic E-state index is 11.5. The number of hydrogen-bond donors (Lipinski definition) is 0. The number of aryl methyl sites for hydroxylation is 1. The van der Waals surface area contributed by atoms with Crippen molar-refractivity contribution in [1.29, 1.82) is 0 Å². The number of carbonyl (C=O) groups is 1. The van der Waals surface area contributed by atoms with Gasteiger partial charge in [-0.3, -0.25) is 4.89 Å². The summed E-state index contributed by atoms with van der Waals surface area (Å²) in [4.78, 5) is 20.3. The molecule has 3 aromatic carbocycles. The molecule has 0 saturated heterocycles. The van der Waals surface area contributed by atoms with Gasteiger partial charge in [0.05, 0.1) is 0 Å². The Morgan fingerprint density at radius 3 is 2.06 bits per heavy atom. The molecule has 7 heteroatoms. The van der Waals surface area contributed by atoms with Gasteiger partial charge in [-0.1, -0.05) is 62.7 Å². The molecule has 0 aliphatic carbocycles. The van der Waals surface area contributed by atoms with Gasteiger partial charge in [-0.2, -0.15) is 0 Å². The lowest BCUT2D eigenvalue weighted by molar-refractivity contribution is -0.239. The standard InChI is InChI=1S/C26H22Br2O5/c1-3-32-33-26(29)17-31-25-13-12-23(16-18(25)2)30-15-14-24(19-4-8-21(27)9-5-19)20-6-10-22(28)11-7-20/h3-14,16H,1,15,17H2,2H3. The lowest BCUT2D eigenvalue weighted by atomic mass is 9.98. The summed E-state index contributed by atoms with van der Waals surface area (Å²) >= 11 is 6.98. The molecular formula is C26H22Br2O5. The second-order valence-corrected chi connectivity index (χ2v) is 8.71. The number of halogens is 2. The second kappa shape index (κ2) is 12.3. The molecule has 0 saturated carbocycles. The fraction of sp³-hybridized carbons (Fsp3) is 0.115. The molecule has 0 N–H and O–H groups in total. The normalized spacial score (nSPS) is 10.2. The van der Waals surface area contributed by atoms with Gasteiger partial charge in [-0.25, -0.2) is 9.68 Å². The molecule has 0 atom stereocenters. The number of hydrogen-bond acceptors (Lipinski definition) is 5. The highest BCUT2D eigenvalue weighted by Crippen LogP contribution is 2.27. The van der Waals surface area contributed by atoms with Gasteiger partial charge in [0, 0.05) is 8.95 Å². The molecule has 0 unspecified atom stereocenters. The molecule has 0 aliphatic heterocycles. The third-order valence-electron chi connectivity index (χ3n) is 4.55. The molecule has 0 aliphatic rings. The largest absolute Gasteiger partial charge is 0.489 e. The molecular weight excluding hydrogens is 552 g/mol. The minimum absolute atomic E-state index is 0.276. The molecule has 0 aromatic heterocycles. The predicted octanol–water partition coefficient (Wildman–Crippen LogP) is 7.03. The Kier molecular flexibility index (Phi) is 9.15. The SMILES string of the molecule is C=COOC(=O)COc1ccc(OCC=C(c2ccc(Br)cc2)c2ccc(Br)cc2)cc1C.